The standard InChI is InChI=1S/C12H10Cl2N2O/c1-7-5-8(3-4-10(7)17-2)9-6-11(13)16-12(14)15-9/h3-6H,1-2H3. The zero-order valence-corrected chi connectivity index (χ0v) is 10.9. The fourth-order valence-corrected chi connectivity index (χ4v) is 1.98. The molecule has 1 heterocycles. The smallest absolute Gasteiger partial charge is 0.224 e. The second-order valence-electron chi connectivity index (χ2n) is 3.53. The Bertz CT molecular complexity index is 538. The van der Waals surface area contributed by atoms with Crippen LogP contribution in [0.4, 0.5) is 0 Å². The van der Waals surface area contributed by atoms with Crippen LogP contribution in [0, 0.1) is 6.92 Å². The van der Waals surface area contributed by atoms with E-state index in [0.717, 1.165) is 16.9 Å². The van der Waals surface area contributed by atoms with Crippen LogP contribution >= 0.6 is 23.2 Å². The average molecular weight is 269 g/mol. The van der Waals surface area contributed by atoms with E-state index < -0.39 is 0 Å². The van der Waals surface area contributed by atoms with Crippen LogP contribution in [-0.4, -0.2) is 17.1 Å². The number of rotatable bonds is 2. The fraction of sp³-hybridized carbons (Fsp3) is 0.167. The van der Waals surface area contributed by atoms with Crippen LogP contribution in [0.15, 0.2) is 24.3 Å². The lowest BCUT2D eigenvalue weighted by Gasteiger charge is -2.07. The van der Waals surface area contributed by atoms with E-state index in [1.165, 1.54) is 0 Å². The minimum absolute atomic E-state index is 0.140. The van der Waals surface area contributed by atoms with E-state index >= 15 is 0 Å². The highest BCUT2D eigenvalue weighted by Crippen LogP contribution is 2.26. The number of nitrogens with zero attached hydrogens (tertiary/aromatic N) is 2. The van der Waals surface area contributed by atoms with Gasteiger partial charge in [0.2, 0.25) is 5.28 Å². The first kappa shape index (κ1) is 12.1. The summed E-state index contributed by atoms with van der Waals surface area (Å²) in [5, 5.41) is 0.467. The molecular formula is C12H10Cl2N2O. The quantitative estimate of drug-likeness (QED) is 0.615. The molecule has 0 spiro atoms. The monoisotopic (exact) mass is 268 g/mol. The van der Waals surface area contributed by atoms with Crippen LogP contribution in [-0.2, 0) is 0 Å². The number of ether oxygens (including phenoxy) is 1. The Balaban J connectivity index is 2.49. The molecule has 3 nitrogen and oxygen atoms in total. The Morgan fingerprint density at radius 2 is 1.88 bits per heavy atom. The molecule has 17 heavy (non-hydrogen) atoms. The second kappa shape index (κ2) is 4.90. The Morgan fingerprint density at radius 1 is 1.12 bits per heavy atom. The zero-order chi connectivity index (χ0) is 12.4. The van der Waals surface area contributed by atoms with Crippen LogP contribution < -0.4 is 4.74 Å². The third-order valence-electron chi connectivity index (χ3n) is 2.36. The van der Waals surface area contributed by atoms with Gasteiger partial charge >= 0.3 is 0 Å². The van der Waals surface area contributed by atoms with Crippen molar-refractivity contribution < 1.29 is 4.74 Å². The van der Waals surface area contributed by atoms with Crippen molar-refractivity contribution in [1.82, 2.24) is 9.97 Å². The zero-order valence-electron chi connectivity index (χ0n) is 9.37. The van der Waals surface area contributed by atoms with Crippen LogP contribution in [0.3, 0.4) is 0 Å². The molecule has 0 saturated heterocycles. The molecule has 0 fully saturated rings. The molecule has 1 aromatic heterocycles. The van der Waals surface area contributed by atoms with Crippen molar-refractivity contribution in [2.45, 2.75) is 6.92 Å². The van der Waals surface area contributed by atoms with Gasteiger partial charge in [-0.15, -0.1) is 0 Å². The summed E-state index contributed by atoms with van der Waals surface area (Å²) in [5.74, 6) is 0.833. The largest absolute Gasteiger partial charge is 0.496 e. The Labute approximate surface area is 109 Å². The van der Waals surface area contributed by atoms with Gasteiger partial charge in [-0.05, 0) is 42.3 Å². The van der Waals surface area contributed by atoms with Crippen LogP contribution in [0.2, 0.25) is 10.4 Å². The van der Waals surface area contributed by atoms with Gasteiger partial charge < -0.3 is 4.74 Å². The van der Waals surface area contributed by atoms with Crippen molar-refractivity contribution in [2.75, 3.05) is 7.11 Å². The molecule has 88 valence electrons. The van der Waals surface area contributed by atoms with Crippen LogP contribution in [0.25, 0.3) is 11.3 Å². The van der Waals surface area contributed by atoms with Crippen molar-refractivity contribution in [2.24, 2.45) is 0 Å². The van der Waals surface area contributed by atoms with Crippen LogP contribution in [0.1, 0.15) is 5.56 Å². The van der Waals surface area contributed by atoms with E-state index in [1.807, 2.05) is 25.1 Å². The van der Waals surface area contributed by atoms with E-state index in [4.69, 9.17) is 27.9 Å². The molecule has 2 rings (SSSR count). The SMILES string of the molecule is COc1ccc(-c2cc(Cl)nc(Cl)n2)cc1C. The Hall–Kier alpha value is -1.32. The number of hydrogen-bond acceptors (Lipinski definition) is 3. The topological polar surface area (TPSA) is 35.0 Å². The van der Waals surface area contributed by atoms with E-state index in [-0.39, 0.29) is 5.28 Å². The van der Waals surface area contributed by atoms with E-state index in [9.17, 15) is 0 Å². The number of hydrogen-bond donors (Lipinski definition) is 0. The fourth-order valence-electron chi connectivity index (χ4n) is 1.58. The summed E-state index contributed by atoms with van der Waals surface area (Å²) < 4.78 is 5.20. The molecular weight excluding hydrogens is 259 g/mol. The Kier molecular flexibility index (Phi) is 3.50. The van der Waals surface area contributed by atoms with Gasteiger partial charge in [-0.3, -0.25) is 0 Å². The minimum Gasteiger partial charge on any atom is -0.496 e. The van der Waals surface area contributed by atoms with Crippen molar-refractivity contribution >= 4 is 23.2 Å². The van der Waals surface area contributed by atoms with E-state index in [0.29, 0.717) is 10.8 Å². The van der Waals surface area contributed by atoms with Crippen molar-refractivity contribution in [3.63, 3.8) is 0 Å². The third kappa shape index (κ3) is 2.68. The van der Waals surface area contributed by atoms with Gasteiger partial charge in [0.15, 0.2) is 0 Å². The van der Waals surface area contributed by atoms with Gasteiger partial charge in [-0.2, -0.15) is 0 Å². The summed E-state index contributed by atoms with van der Waals surface area (Å²) in [6.45, 7) is 1.97. The molecule has 0 aliphatic heterocycles. The predicted octanol–water partition coefficient (Wildman–Crippen LogP) is 3.77. The molecule has 0 aliphatic carbocycles. The lowest BCUT2D eigenvalue weighted by molar-refractivity contribution is 0.412. The highest BCUT2D eigenvalue weighted by molar-refractivity contribution is 6.32. The summed E-state index contributed by atoms with van der Waals surface area (Å²) in [5.41, 5.74) is 2.64. The highest BCUT2D eigenvalue weighted by Gasteiger charge is 2.06. The van der Waals surface area contributed by atoms with Crippen molar-refractivity contribution in [1.29, 1.82) is 0 Å². The molecule has 0 radical (unpaired) electrons. The summed E-state index contributed by atoms with van der Waals surface area (Å²) >= 11 is 11.6. The molecule has 1 aromatic carbocycles. The van der Waals surface area contributed by atoms with Gasteiger partial charge in [0.05, 0.1) is 12.8 Å². The lowest BCUT2D eigenvalue weighted by Crippen LogP contribution is -1.91. The molecule has 0 N–H and O–H groups in total. The molecule has 0 unspecified atom stereocenters. The summed E-state index contributed by atoms with van der Waals surface area (Å²) in [6, 6.07) is 7.43. The van der Waals surface area contributed by atoms with Gasteiger partial charge in [-0.1, -0.05) is 11.6 Å². The maximum Gasteiger partial charge on any atom is 0.224 e. The number of aryl methyl sites for hydroxylation is 1. The Morgan fingerprint density at radius 3 is 2.47 bits per heavy atom. The molecule has 0 atom stereocenters. The first-order valence-corrected chi connectivity index (χ1v) is 5.71. The summed E-state index contributed by atoms with van der Waals surface area (Å²) in [4.78, 5) is 7.94. The highest BCUT2D eigenvalue weighted by atomic mass is 35.5. The third-order valence-corrected chi connectivity index (χ3v) is 2.72. The normalized spacial score (nSPS) is 10.4. The number of halogens is 2. The molecule has 2 aromatic rings. The molecule has 0 amide bonds. The first-order valence-electron chi connectivity index (χ1n) is 4.95. The van der Waals surface area contributed by atoms with Gasteiger partial charge in [0.1, 0.15) is 10.9 Å². The molecule has 5 heteroatoms. The second-order valence-corrected chi connectivity index (χ2v) is 4.25. The minimum atomic E-state index is 0.140. The van der Waals surface area contributed by atoms with Crippen molar-refractivity contribution in [3.05, 3.63) is 40.3 Å². The van der Waals surface area contributed by atoms with E-state index in [2.05, 4.69) is 9.97 Å². The van der Waals surface area contributed by atoms with Crippen molar-refractivity contribution in [3.8, 4) is 17.0 Å². The maximum absolute atomic E-state index is 5.84. The number of aromatic nitrogens is 2. The number of benzene rings is 1. The summed E-state index contributed by atoms with van der Waals surface area (Å²) in [6.07, 6.45) is 0. The van der Waals surface area contributed by atoms with Gasteiger partial charge in [0.25, 0.3) is 0 Å². The lowest BCUT2D eigenvalue weighted by atomic mass is 10.1. The average Bonchev–Trinajstić information content (AvgIpc) is 2.27. The van der Waals surface area contributed by atoms with Crippen LogP contribution in [0.5, 0.6) is 5.75 Å². The maximum atomic E-state index is 5.84. The van der Waals surface area contributed by atoms with Gasteiger partial charge in [0, 0.05) is 11.6 Å². The van der Waals surface area contributed by atoms with Gasteiger partial charge in [-0.25, -0.2) is 9.97 Å². The molecule has 0 aliphatic rings. The first-order chi connectivity index (χ1) is 8.10. The molecule has 0 saturated carbocycles. The summed E-state index contributed by atoms with van der Waals surface area (Å²) in [7, 11) is 1.64. The molecule has 0 bridgehead atoms. The number of methoxy groups -OCH3 is 1. The van der Waals surface area contributed by atoms with E-state index in [1.54, 1.807) is 13.2 Å². The predicted molar refractivity (Wildman–Crippen MR) is 68.8 cm³/mol.